The van der Waals surface area contributed by atoms with E-state index in [1.54, 1.807) is 28.8 Å². The van der Waals surface area contributed by atoms with Gasteiger partial charge in [0.25, 0.3) is 0 Å². The highest BCUT2D eigenvalue weighted by Crippen LogP contribution is 2.44. The van der Waals surface area contributed by atoms with Crippen LogP contribution in [0.4, 0.5) is 10.1 Å². The van der Waals surface area contributed by atoms with E-state index in [0.29, 0.717) is 40.3 Å². The van der Waals surface area contributed by atoms with Gasteiger partial charge in [-0.15, -0.1) is 4.91 Å². The molecule has 4 aromatic rings. The molecule has 1 saturated carbocycles. The summed E-state index contributed by atoms with van der Waals surface area (Å²) in [7, 11) is 0. The van der Waals surface area contributed by atoms with Gasteiger partial charge in [-0.05, 0) is 36.2 Å². The van der Waals surface area contributed by atoms with Crippen LogP contribution >= 0.6 is 0 Å². The van der Waals surface area contributed by atoms with Crippen molar-refractivity contribution in [2.75, 3.05) is 0 Å². The van der Waals surface area contributed by atoms with Crippen LogP contribution in [-0.4, -0.2) is 26.0 Å². The zero-order chi connectivity index (χ0) is 19.4. The largest absolute Gasteiger partial charge is 0.493 e. The normalized spacial score (nSPS) is 18.5. The number of hydrogen-bond donors (Lipinski definition) is 1. The molecule has 1 aliphatic carbocycles. The van der Waals surface area contributed by atoms with Gasteiger partial charge in [0, 0.05) is 10.9 Å². The minimum Gasteiger partial charge on any atom is -0.493 e. The molecule has 0 unspecified atom stereocenters. The van der Waals surface area contributed by atoms with Crippen molar-refractivity contribution in [1.29, 1.82) is 0 Å². The standard InChI is InChI=1S/C20H15FN4O3/c1-10-6-7-11(18-22-19(28-24-18)13-9-14(13)21)8-16(10)25-15-5-3-2-4-12(15)17(23-27)20(25)26/h2-8,13-14,26H,9H2,1H3/t13-,14-/m0/s1. The van der Waals surface area contributed by atoms with Crippen molar-refractivity contribution < 1.29 is 14.0 Å². The van der Waals surface area contributed by atoms with Gasteiger partial charge in [-0.2, -0.15) is 4.98 Å². The lowest BCUT2D eigenvalue weighted by molar-refractivity contribution is 0.363. The molecule has 2 heterocycles. The van der Waals surface area contributed by atoms with Crippen molar-refractivity contribution >= 4 is 16.6 Å². The maximum atomic E-state index is 13.2. The number of aryl methyl sites for hydroxylation is 1. The number of rotatable bonds is 4. The average Bonchev–Trinajstić information content (AvgIpc) is 3.13. The van der Waals surface area contributed by atoms with Crippen molar-refractivity contribution in [3.05, 3.63) is 58.8 Å². The van der Waals surface area contributed by atoms with E-state index in [4.69, 9.17) is 4.52 Å². The van der Waals surface area contributed by atoms with Gasteiger partial charge < -0.3 is 9.63 Å². The number of nitrogens with zero attached hydrogens (tertiary/aromatic N) is 4. The highest BCUT2D eigenvalue weighted by atomic mass is 19.1. The van der Waals surface area contributed by atoms with Gasteiger partial charge in [0.15, 0.2) is 5.69 Å². The Morgan fingerprint density at radius 2 is 2.07 bits per heavy atom. The molecule has 7 nitrogen and oxygen atoms in total. The van der Waals surface area contributed by atoms with Crippen LogP contribution in [0.5, 0.6) is 5.88 Å². The van der Waals surface area contributed by atoms with Crippen LogP contribution in [0.1, 0.15) is 23.8 Å². The second kappa shape index (κ2) is 5.98. The highest BCUT2D eigenvalue weighted by Gasteiger charge is 2.43. The highest BCUT2D eigenvalue weighted by molar-refractivity contribution is 5.96. The summed E-state index contributed by atoms with van der Waals surface area (Å²) in [4.78, 5) is 15.6. The van der Waals surface area contributed by atoms with Crippen molar-refractivity contribution in [3.63, 3.8) is 0 Å². The number of fused-ring (bicyclic) bond motifs is 1. The lowest BCUT2D eigenvalue weighted by atomic mass is 10.1. The molecule has 2 aromatic heterocycles. The van der Waals surface area contributed by atoms with Gasteiger partial charge in [-0.25, -0.2) is 4.39 Å². The smallest absolute Gasteiger partial charge is 0.233 e. The van der Waals surface area contributed by atoms with E-state index in [0.717, 1.165) is 5.56 Å². The molecule has 0 amide bonds. The van der Waals surface area contributed by atoms with Gasteiger partial charge in [0.1, 0.15) is 6.17 Å². The second-order valence-electron chi connectivity index (χ2n) is 6.93. The molecule has 8 heteroatoms. The minimum absolute atomic E-state index is 0.00929. The van der Waals surface area contributed by atoms with E-state index in [9.17, 15) is 14.4 Å². The van der Waals surface area contributed by atoms with Crippen molar-refractivity contribution in [2.45, 2.75) is 25.4 Å². The van der Waals surface area contributed by atoms with Crippen LogP contribution in [0.3, 0.4) is 0 Å². The Kier molecular flexibility index (Phi) is 3.55. The van der Waals surface area contributed by atoms with Crippen molar-refractivity contribution in [2.24, 2.45) is 5.18 Å². The lowest BCUT2D eigenvalue weighted by Gasteiger charge is -2.11. The molecule has 140 valence electrons. The van der Waals surface area contributed by atoms with Crippen LogP contribution in [0, 0.1) is 11.8 Å². The Morgan fingerprint density at radius 3 is 2.82 bits per heavy atom. The van der Waals surface area contributed by atoms with Crippen LogP contribution < -0.4 is 0 Å². The van der Waals surface area contributed by atoms with Gasteiger partial charge in [0.2, 0.25) is 17.6 Å². The van der Waals surface area contributed by atoms with E-state index in [1.807, 2.05) is 25.1 Å². The Bertz CT molecular complexity index is 1230. The molecule has 1 fully saturated rings. The Balaban J connectivity index is 1.67. The van der Waals surface area contributed by atoms with E-state index >= 15 is 0 Å². The Labute approximate surface area is 158 Å². The van der Waals surface area contributed by atoms with Crippen LogP contribution in [0.25, 0.3) is 28.0 Å². The van der Waals surface area contributed by atoms with E-state index < -0.39 is 6.17 Å². The van der Waals surface area contributed by atoms with Gasteiger partial charge in [-0.1, -0.05) is 35.5 Å². The molecule has 1 N–H and O–H groups in total. The maximum absolute atomic E-state index is 13.2. The molecular formula is C20H15FN4O3. The van der Waals surface area contributed by atoms with Crippen LogP contribution in [0.2, 0.25) is 0 Å². The number of aromatic nitrogens is 3. The second-order valence-corrected chi connectivity index (χ2v) is 6.93. The zero-order valence-electron chi connectivity index (χ0n) is 14.8. The molecule has 28 heavy (non-hydrogen) atoms. The third-order valence-corrected chi connectivity index (χ3v) is 5.09. The third kappa shape index (κ3) is 2.41. The fourth-order valence-electron chi connectivity index (χ4n) is 3.46. The maximum Gasteiger partial charge on any atom is 0.233 e. The molecule has 1 aliphatic rings. The number of nitroso groups, excluding NO2 is 1. The molecule has 2 atom stereocenters. The van der Waals surface area contributed by atoms with E-state index in [1.165, 1.54) is 0 Å². The fourth-order valence-corrected chi connectivity index (χ4v) is 3.46. The van der Waals surface area contributed by atoms with E-state index in [2.05, 4.69) is 15.3 Å². The summed E-state index contributed by atoms with van der Waals surface area (Å²) >= 11 is 0. The molecule has 5 rings (SSSR count). The molecule has 0 radical (unpaired) electrons. The Morgan fingerprint density at radius 1 is 1.29 bits per heavy atom. The van der Waals surface area contributed by atoms with Gasteiger partial charge in [-0.3, -0.25) is 4.57 Å². The summed E-state index contributed by atoms with van der Waals surface area (Å²) in [5.41, 5.74) is 2.82. The number of hydrogen-bond acceptors (Lipinski definition) is 6. The molecule has 2 aromatic carbocycles. The first-order chi connectivity index (χ1) is 13.6. The van der Waals surface area contributed by atoms with Crippen molar-refractivity contribution in [1.82, 2.24) is 14.7 Å². The van der Waals surface area contributed by atoms with Crippen molar-refractivity contribution in [3.8, 4) is 23.0 Å². The zero-order valence-corrected chi connectivity index (χ0v) is 14.8. The molecule has 0 spiro atoms. The predicted molar refractivity (Wildman–Crippen MR) is 101 cm³/mol. The topological polar surface area (TPSA) is 93.5 Å². The molecule has 0 aliphatic heterocycles. The summed E-state index contributed by atoms with van der Waals surface area (Å²) in [6, 6.07) is 12.6. The van der Waals surface area contributed by atoms with Gasteiger partial charge in [0.05, 0.1) is 17.1 Å². The first-order valence-electron chi connectivity index (χ1n) is 8.83. The lowest BCUT2D eigenvalue weighted by Crippen LogP contribution is -1.97. The summed E-state index contributed by atoms with van der Waals surface area (Å²) in [5.74, 6) is 0.0969. The quantitative estimate of drug-likeness (QED) is 0.509. The number of benzene rings is 2. The van der Waals surface area contributed by atoms with Crippen LogP contribution in [0.15, 0.2) is 52.2 Å². The summed E-state index contributed by atoms with van der Waals surface area (Å²) in [6.07, 6.45) is -0.509. The fraction of sp³-hybridized carbons (Fsp3) is 0.200. The minimum atomic E-state index is -0.917. The van der Waals surface area contributed by atoms with E-state index in [-0.39, 0.29) is 17.5 Å². The predicted octanol–water partition coefficient (Wildman–Crippen LogP) is 4.92. The Hall–Kier alpha value is -3.55. The number of halogens is 1. The number of alkyl halides is 1. The van der Waals surface area contributed by atoms with Gasteiger partial charge >= 0.3 is 0 Å². The summed E-state index contributed by atoms with van der Waals surface area (Å²) < 4.78 is 20.0. The van der Waals surface area contributed by atoms with Crippen LogP contribution in [-0.2, 0) is 0 Å². The molecule has 0 saturated heterocycles. The summed E-state index contributed by atoms with van der Waals surface area (Å²) in [6.45, 7) is 1.89. The SMILES string of the molecule is Cc1ccc(-c2noc([C@H]3C[C@@H]3F)n2)cc1-n1c(O)c(N=O)c2ccccc21. The molecular weight excluding hydrogens is 363 g/mol. The molecule has 0 bridgehead atoms. The number of aromatic hydroxyl groups is 1. The first-order valence-corrected chi connectivity index (χ1v) is 8.83. The first kappa shape index (κ1) is 16.6. The summed E-state index contributed by atoms with van der Waals surface area (Å²) in [5, 5.41) is 18.2. The average molecular weight is 378 g/mol. The number of para-hydroxylation sites is 1. The monoisotopic (exact) mass is 378 g/mol. The third-order valence-electron chi connectivity index (χ3n) is 5.09.